The van der Waals surface area contributed by atoms with Crippen LogP contribution in [0, 0.1) is 0 Å². The van der Waals surface area contributed by atoms with Crippen LogP contribution in [0.2, 0.25) is 0 Å². The second kappa shape index (κ2) is 7.85. The maximum absolute atomic E-state index is 10.9. The lowest BCUT2D eigenvalue weighted by molar-refractivity contribution is 0.111. The molecule has 2 nitrogen and oxygen atoms in total. The maximum atomic E-state index is 10.9. The Labute approximate surface area is 164 Å². The summed E-state index contributed by atoms with van der Waals surface area (Å²) in [5, 5.41) is 0. The van der Waals surface area contributed by atoms with Gasteiger partial charge in [-0.05, 0) is 45.5 Å². The lowest BCUT2D eigenvalue weighted by atomic mass is 9.96. The molecule has 4 aromatic carbocycles. The highest BCUT2D eigenvalue weighted by Crippen LogP contribution is 2.29. The molecule has 2 heteroatoms. The fraction of sp³-hybridized carbons (Fsp3) is 0. The monoisotopic (exact) mass is 362 g/mol. The van der Waals surface area contributed by atoms with Gasteiger partial charge in [-0.1, -0.05) is 84.9 Å². The Hall–Kier alpha value is -3.78. The van der Waals surface area contributed by atoms with Gasteiger partial charge < -0.3 is 0 Å². The van der Waals surface area contributed by atoms with Crippen LogP contribution in [0.3, 0.4) is 0 Å². The van der Waals surface area contributed by atoms with Crippen LogP contribution in [0.15, 0.2) is 97.1 Å². The zero-order chi connectivity index (χ0) is 19.3. The molecule has 4 aromatic rings. The predicted octanol–water partition coefficient (Wildman–Crippen LogP) is 6.31. The number of carbonyl (C=O) groups is 2. The van der Waals surface area contributed by atoms with Crippen molar-refractivity contribution in [2.45, 2.75) is 0 Å². The quantitative estimate of drug-likeness (QED) is 0.390. The van der Waals surface area contributed by atoms with E-state index in [1.165, 1.54) is 0 Å². The second-order valence-corrected chi connectivity index (χ2v) is 6.64. The Morgan fingerprint density at radius 3 is 1.04 bits per heavy atom. The van der Waals surface area contributed by atoms with Crippen molar-refractivity contribution in [1.82, 2.24) is 0 Å². The molecule has 0 spiro atoms. The summed E-state index contributed by atoms with van der Waals surface area (Å²) in [5.41, 5.74) is 7.97. The van der Waals surface area contributed by atoms with Crippen LogP contribution in [0.25, 0.3) is 33.4 Å². The number of hydrogen-bond acceptors (Lipinski definition) is 2. The third-order valence-corrected chi connectivity index (χ3v) is 4.82. The zero-order valence-electron chi connectivity index (χ0n) is 15.2. The van der Waals surface area contributed by atoms with Gasteiger partial charge in [0, 0.05) is 11.1 Å². The Morgan fingerprint density at radius 1 is 0.393 bits per heavy atom. The first-order valence-corrected chi connectivity index (χ1v) is 9.08. The standard InChI is InChI=1S/C26H18O2/c27-17-19-7-11-21(12-8-19)23-3-1-5-25(15-23)26-6-2-4-24(16-26)22-13-9-20(18-28)10-14-22/h1-18H. The van der Waals surface area contributed by atoms with Crippen molar-refractivity contribution in [1.29, 1.82) is 0 Å². The van der Waals surface area contributed by atoms with Crippen molar-refractivity contribution in [3.8, 4) is 33.4 Å². The lowest BCUT2D eigenvalue weighted by Gasteiger charge is -2.09. The van der Waals surface area contributed by atoms with Crippen LogP contribution in [0.5, 0.6) is 0 Å². The Morgan fingerprint density at radius 2 is 0.714 bits per heavy atom. The first kappa shape index (κ1) is 17.6. The van der Waals surface area contributed by atoms with E-state index in [2.05, 4.69) is 36.4 Å². The number of rotatable bonds is 5. The maximum Gasteiger partial charge on any atom is 0.150 e. The summed E-state index contributed by atoms with van der Waals surface area (Å²) in [6.45, 7) is 0. The van der Waals surface area contributed by atoms with Crippen molar-refractivity contribution in [2.24, 2.45) is 0 Å². The molecule has 0 N–H and O–H groups in total. The largest absolute Gasteiger partial charge is 0.298 e. The van der Waals surface area contributed by atoms with E-state index in [-0.39, 0.29) is 0 Å². The molecule has 0 saturated heterocycles. The van der Waals surface area contributed by atoms with Gasteiger partial charge in [-0.2, -0.15) is 0 Å². The summed E-state index contributed by atoms with van der Waals surface area (Å²) in [6.07, 6.45) is 1.71. The van der Waals surface area contributed by atoms with Crippen molar-refractivity contribution < 1.29 is 9.59 Å². The number of carbonyl (C=O) groups excluding carboxylic acids is 2. The molecule has 0 radical (unpaired) electrons. The van der Waals surface area contributed by atoms with Gasteiger partial charge in [0.2, 0.25) is 0 Å². The molecule has 0 aromatic heterocycles. The minimum Gasteiger partial charge on any atom is -0.298 e. The van der Waals surface area contributed by atoms with Crippen LogP contribution >= 0.6 is 0 Å². The van der Waals surface area contributed by atoms with Gasteiger partial charge in [-0.3, -0.25) is 9.59 Å². The lowest BCUT2D eigenvalue weighted by Crippen LogP contribution is -1.85. The van der Waals surface area contributed by atoms with E-state index in [0.717, 1.165) is 46.0 Å². The molecular weight excluding hydrogens is 344 g/mol. The van der Waals surface area contributed by atoms with Gasteiger partial charge in [0.25, 0.3) is 0 Å². The van der Waals surface area contributed by atoms with E-state index in [1.54, 1.807) is 0 Å². The summed E-state index contributed by atoms with van der Waals surface area (Å²) in [5.74, 6) is 0. The fourth-order valence-corrected chi connectivity index (χ4v) is 3.26. The van der Waals surface area contributed by atoms with E-state index >= 15 is 0 Å². The Balaban J connectivity index is 1.69. The average molecular weight is 362 g/mol. The molecular formula is C26H18O2. The van der Waals surface area contributed by atoms with E-state index in [0.29, 0.717) is 11.1 Å². The van der Waals surface area contributed by atoms with Crippen molar-refractivity contribution >= 4 is 12.6 Å². The van der Waals surface area contributed by atoms with Gasteiger partial charge in [-0.15, -0.1) is 0 Å². The molecule has 0 heterocycles. The fourth-order valence-electron chi connectivity index (χ4n) is 3.26. The molecule has 4 rings (SSSR count). The average Bonchev–Trinajstić information content (AvgIpc) is 2.79. The molecule has 0 aliphatic carbocycles. The van der Waals surface area contributed by atoms with E-state index in [9.17, 15) is 9.59 Å². The second-order valence-electron chi connectivity index (χ2n) is 6.64. The summed E-state index contributed by atoms with van der Waals surface area (Å²) in [7, 11) is 0. The normalized spacial score (nSPS) is 10.4. The SMILES string of the molecule is O=Cc1ccc(-c2cccc(-c3cccc(-c4ccc(C=O)cc4)c3)c2)cc1. The molecule has 0 saturated carbocycles. The summed E-state index contributed by atoms with van der Waals surface area (Å²) < 4.78 is 0. The van der Waals surface area contributed by atoms with E-state index in [1.807, 2.05) is 60.7 Å². The highest BCUT2D eigenvalue weighted by molar-refractivity contribution is 5.80. The van der Waals surface area contributed by atoms with Crippen molar-refractivity contribution in [3.05, 3.63) is 108 Å². The van der Waals surface area contributed by atoms with Gasteiger partial charge in [0.05, 0.1) is 0 Å². The summed E-state index contributed by atoms with van der Waals surface area (Å²) >= 11 is 0. The smallest absolute Gasteiger partial charge is 0.150 e. The Bertz CT molecular complexity index is 1030. The van der Waals surface area contributed by atoms with Gasteiger partial charge >= 0.3 is 0 Å². The van der Waals surface area contributed by atoms with Gasteiger partial charge in [-0.25, -0.2) is 0 Å². The highest BCUT2D eigenvalue weighted by atomic mass is 16.1. The van der Waals surface area contributed by atoms with Crippen LogP contribution in [0.1, 0.15) is 20.7 Å². The number of aldehydes is 2. The minimum absolute atomic E-state index is 0.674. The molecule has 0 bridgehead atoms. The molecule has 0 unspecified atom stereocenters. The van der Waals surface area contributed by atoms with Crippen LogP contribution < -0.4 is 0 Å². The summed E-state index contributed by atoms with van der Waals surface area (Å²) in [6, 6.07) is 31.9. The Kier molecular flexibility index (Phi) is 4.94. The molecule has 0 aliphatic heterocycles. The predicted molar refractivity (Wildman–Crippen MR) is 114 cm³/mol. The van der Waals surface area contributed by atoms with Crippen LogP contribution in [-0.2, 0) is 0 Å². The highest BCUT2D eigenvalue weighted by Gasteiger charge is 2.05. The molecule has 28 heavy (non-hydrogen) atoms. The zero-order valence-corrected chi connectivity index (χ0v) is 15.2. The minimum atomic E-state index is 0.674. The molecule has 134 valence electrons. The molecule has 0 fully saturated rings. The first-order chi connectivity index (χ1) is 13.8. The van der Waals surface area contributed by atoms with Crippen LogP contribution in [0.4, 0.5) is 0 Å². The van der Waals surface area contributed by atoms with Crippen LogP contribution in [-0.4, -0.2) is 12.6 Å². The van der Waals surface area contributed by atoms with Gasteiger partial charge in [0.15, 0.2) is 0 Å². The molecule has 0 atom stereocenters. The van der Waals surface area contributed by atoms with E-state index < -0.39 is 0 Å². The third-order valence-electron chi connectivity index (χ3n) is 4.82. The third kappa shape index (κ3) is 3.67. The molecule has 0 aliphatic rings. The molecule has 0 amide bonds. The number of hydrogen-bond donors (Lipinski definition) is 0. The van der Waals surface area contributed by atoms with Crippen molar-refractivity contribution in [2.75, 3.05) is 0 Å². The van der Waals surface area contributed by atoms with Gasteiger partial charge in [0.1, 0.15) is 12.6 Å². The van der Waals surface area contributed by atoms with E-state index in [4.69, 9.17) is 0 Å². The topological polar surface area (TPSA) is 34.1 Å². The first-order valence-electron chi connectivity index (χ1n) is 9.08. The summed E-state index contributed by atoms with van der Waals surface area (Å²) in [4.78, 5) is 21.7. The number of benzene rings is 4. The van der Waals surface area contributed by atoms with Crippen molar-refractivity contribution in [3.63, 3.8) is 0 Å².